The van der Waals surface area contributed by atoms with Crippen molar-refractivity contribution in [1.29, 1.82) is 0 Å². The van der Waals surface area contributed by atoms with Crippen LogP contribution in [0.25, 0.3) is 11.0 Å². The molecule has 3 rings (SSSR count). The minimum atomic E-state index is 0.450. The summed E-state index contributed by atoms with van der Waals surface area (Å²) in [5, 5.41) is 6.87. The van der Waals surface area contributed by atoms with E-state index in [9.17, 15) is 0 Å². The first-order valence-electron chi connectivity index (χ1n) is 6.09. The lowest BCUT2D eigenvalue weighted by atomic mass is 10.4. The van der Waals surface area contributed by atoms with Crippen LogP contribution in [0.2, 0.25) is 5.02 Å². The number of nitrogens with zero attached hydrogens (tertiary/aromatic N) is 4. The Morgan fingerprint density at radius 2 is 2.00 bits per heavy atom. The summed E-state index contributed by atoms with van der Waals surface area (Å²) < 4.78 is 1.83. The Hall–Kier alpha value is -1.79. The minimum absolute atomic E-state index is 0.450. The van der Waals surface area contributed by atoms with E-state index in [1.807, 2.05) is 35.9 Å². The predicted octanol–water partition coefficient (Wildman–Crippen LogP) is 3.23. The Kier molecular flexibility index (Phi) is 3.50. The van der Waals surface area contributed by atoms with Crippen LogP contribution >= 0.6 is 23.4 Å². The first-order valence-corrected chi connectivity index (χ1v) is 7.29. The average molecular weight is 306 g/mol. The highest BCUT2D eigenvalue weighted by Gasteiger charge is 2.15. The van der Waals surface area contributed by atoms with Gasteiger partial charge in [0.25, 0.3) is 0 Å². The third kappa shape index (κ3) is 2.32. The molecule has 0 fully saturated rings. The van der Waals surface area contributed by atoms with Gasteiger partial charge in [-0.15, -0.1) is 0 Å². The van der Waals surface area contributed by atoms with E-state index in [-0.39, 0.29) is 0 Å². The van der Waals surface area contributed by atoms with Gasteiger partial charge in [-0.3, -0.25) is 0 Å². The Morgan fingerprint density at radius 3 is 2.70 bits per heavy atom. The molecule has 0 saturated carbocycles. The van der Waals surface area contributed by atoms with Crippen molar-refractivity contribution in [2.45, 2.75) is 23.4 Å². The van der Waals surface area contributed by atoms with Gasteiger partial charge >= 0.3 is 0 Å². The second kappa shape index (κ2) is 5.30. The standard InChI is InChI=1S/C13H12ClN5S/c1-2-19-12-10(11(15)16-7-17-12)13(18-19)20-9-5-3-8(14)4-6-9/h3-7H,2H2,1H3,(H2,15,16,17). The topological polar surface area (TPSA) is 69.6 Å². The van der Waals surface area contributed by atoms with Crippen LogP contribution in [0.5, 0.6) is 0 Å². The summed E-state index contributed by atoms with van der Waals surface area (Å²) in [5.41, 5.74) is 6.72. The van der Waals surface area contributed by atoms with Crippen molar-refractivity contribution in [2.24, 2.45) is 0 Å². The molecule has 2 N–H and O–H groups in total. The highest BCUT2D eigenvalue weighted by atomic mass is 35.5. The maximum Gasteiger partial charge on any atom is 0.164 e. The van der Waals surface area contributed by atoms with Gasteiger partial charge in [0.05, 0.1) is 5.39 Å². The summed E-state index contributed by atoms with van der Waals surface area (Å²) >= 11 is 7.42. The number of aryl methyl sites for hydroxylation is 1. The number of hydrogen-bond acceptors (Lipinski definition) is 5. The molecular formula is C13H12ClN5S. The number of nitrogen functional groups attached to an aromatic ring is 1. The molecule has 0 saturated heterocycles. The Labute approximate surface area is 125 Å². The maximum atomic E-state index is 5.96. The summed E-state index contributed by atoms with van der Waals surface area (Å²) in [6.45, 7) is 2.75. The molecule has 7 heteroatoms. The summed E-state index contributed by atoms with van der Waals surface area (Å²) in [7, 11) is 0. The molecule has 0 atom stereocenters. The van der Waals surface area contributed by atoms with Crippen LogP contribution in [0, 0.1) is 0 Å². The summed E-state index contributed by atoms with van der Waals surface area (Å²) in [6.07, 6.45) is 1.46. The van der Waals surface area contributed by atoms with Crippen molar-refractivity contribution in [3.8, 4) is 0 Å². The normalized spacial score (nSPS) is 11.1. The lowest BCUT2D eigenvalue weighted by Gasteiger charge is -1.99. The van der Waals surface area contributed by atoms with Crippen LogP contribution in [0.3, 0.4) is 0 Å². The third-order valence-electron chi connectivity index (χ3n) is 2.85. The van der Waals surface area contributed by atoms with E-state index in [2.05, 4.69) is 15.1 Å². The van der Waals surface area contributed by atoms with E-state index in [1.54, 1.807) is 0 Å². The first-order chi connectivity index (χ1) is 9.69. The number of rotatable bonds is 3. The van der Waals surface area contributed by atoms with Crippen LogP contribution in [-0.2, 0) is 6.54 Å². The van der Waals surface area contributed by atoms with Gasteiger partial charge in [0.1, 0.15) is 17.2 Å². The van der Waals surface area contributed by atoms with Gasteiger partial charge in [0, 0.05) is 16.5 Å². The van der Waals surface area contributed by atoms with Crippen LogP contribution in [0.1, 0.15) is 6.92 Å². The first kappa shape index (κ1) is 13.2. The van der Waals surface area contributed by atoms with Crippen LogP contribution in [-0.4, -0.2) is 19.7 Å². The van der Waals surface area contributed by atoms with Crippen molar-refractivity contribution in [2.75, 3.05) is 5.73 Å². The monoisotopic (exact) mass is 305 g/mol. The molecule has 0 radical (unpaired) electrons. The van der Waals surface area contributed by atoms with Gasteiger partial charge in [-0.25, -0.2) is 14.6 Å². The van der Waals surface area contributed by atoms with Gasteiger partial charge in [0.15, 0.2) is 5.65 Å². The second-order valence-corrected chi connectivity index (χ2v) is 5.63. The number of aromatic nitrogens is 4. The highest BCUT2D eigenvalue weighted by molar-refractivity contribution is 7.99. The van der Waals surface area contributed by atoms with Crippen molar-refractivity contribution >= 4 is 40.2 Å². The van der Waals surface area contributed by atoms with Crippen LogP contribution in [0.15, 0.2) is 40.5 Å². The van der Waals surface area contributed by atoms with Crippen molar-refractivity contribution in [1.82, 2.24) is 19.7 Å². The van der Waals surface area contributed by atoms with E-state index < -0.39 is 0 Å². The molecule has 1 aromatic carbocycles. The fraction of sp³-hybridized carbons (Fsp3) is 0.154. The average Bonchev–Trinajstić information content (AvgIpc) is 2.81. The molecule has 0 aliphatic heterocycles. The molecule has 0 aliphatic rings. The Balaban J connectivity index is 2.09. The molecule has 0 unspecified atom stereocenters. The molecule has 20 heavy (non-hydrogen) atoms. The highest BCUT2D eigenvalue weighted by Crippen LogP contribution is 2.34. The molecule has 0 aliphatic carbocycles. The van der Waals surface area contributed by atoms with Gasteiger partial charge in [-0.05, 0) is 31.2 Å². The number of fused-ring (bicyclic) bond motifs is 1. The fourth-order valence-electron chi connectivity index (χ4n) is 1.90. The predicted molar refractivity (Wildman–Crippen MR) is 81.0 cm³/mol. The van der Waals surface area contributed by atoms with Crippen molar-refractivity contribution in [3.63, 3.8) is 0 Å². The molecule has 5 nitrogen and oxygen atoms in total. The molecular weight excluding hydrogens is 294 g/mol. The van der Waals surface area contributed by atoms with Crippen molar-refractivity contribution < 1.29 is 0 Å². The zero-order chi connectivity index (χ0) is 14.1. The summed E-state index contributed by atoms with van der Waals surface area (Å²) in [4.78, 5) is 9.36. The molecule has 2 heterocycles. The van der Waals surface area contributed by atoms with Gasteiger partial charge in [-0.1, -0.05) is 23.4 Å². The van der Waals surface area contributed by atoms with E-state index in [1.165, 1.54) is 18.1 Å². The van der Waals surface area contributed by atoms with Gasteiger partial charge in [-0.2, -0.15) is 5.10 Å². The smallest absolute Gasteiger partial charge is 0.164 e. The van der Waals surface area contributed by atoms with Gasteiger partial charge in [0.2, 0.25) is 0 Å². The molecule has 2 aromatic heterocycles. The number of nitrogens with two attached hydrogens (primary N) is 1. The minimum Gasteiger partial charge on any atom is -0.383 e. The largest absolute Gasteiger partial charge is 0.383 e. The second-order valence-electron chi connectivity index (χ2n) is 4.13. The number of hydrogen-bond donors (Lipinski definition) is 1. The lowest BCUT2D eigenvalue weighted by molar-refractivity contribution is 0.656. The molecule has 0 amide bonds. The fourth-order valence-corrected chi connectivity index (χ4v) is 2.96. The van der Waals surface area contributed by atoms with E-state index >= 15 is 0 Å². The zero-order valence-electron chi connectivity index (χ0n) is 10.7. The molecule has 102 valence electrons. The Bertz CT molecular complexity index is 753. The quantitative estimate of drug-likeness (QED) is 0.804. The number of anilines is 1. The van der Waals surface area contributed by atoms with Crippen molar-refractivity contribution in [3.05, 3.63) is 35.6 Å². The third-order valence-corrected chi connectivity index (χ3v) is 4.09. The zero-order valence-corrected chi connectivity index (χ0v) is 12.3. The van der Waals surface area contributed by atoms with E-state index in [4.69, 9.17) is 17.3 Å². The maximum absolute atomic E-state index is 5.96. The molecule has 0 bridgehead atoms. The molecule has 3 aromatic rings. The van der Waals surface area contributed by atoms with Crippen LogP contribution in [0.4, 0.5) is 5.82 Å². The van der Waals surface area contributed by atoms with E-state index in [0.717, 1.165) is 27.5 Å². The molecule has 0 spiro atoms. The van der Waals surface area contributed by atoms with Gasteiger partial charge < -0.3 is 5.73 Å². The SMILES string of the molecule is CCn1nc(Sc2ccc(Cl)cc2)c2c(N)ncnc21. The Morgan fingerprint density at radius 1 is 1.25 bits per heavy atom. The lowest BCUT2D eigenvalue weighted by Crippen LogP contribution is -1.98. The van der Waals surface area contributed by atoms with E-state index in [0.29, 0.717) is 10.8 Å². The van der Waals surface area contributed by atoms with Crippen LogP contribution < -0.4 is 5.73 Å². The number of halogens is 1. The summed E-state index contributed by atoms with van der Waals surface area (Å²) in [6, 6.07) is 7.60. The summed E-state index contributed by atoms with van der Waals surface area (Å²) in [5.74, 6) is 0.450. The number of benzene rings is 1.